The molecule has 2 fully saturated rings. The van der Waals surface area contributed by atoms with E-state index in [0.29, 0.717) is 31.0 Å². The van der Waals surface area contributed by atoms with Crippen molar-refractivity contribution in [2.45, 2.75) is 18.6 Å². The van der Waals surface area contributed by atoms with Crippen molar-refractivity contribution in [1.29, 1.82) is 5.26 Å². The number of rotatable bonds is 9. The minimum Gasteiger partial charge on any atom is -0.492 e. The molecule has 7 nitrogen and oxygen atoms in total. The van der Waals surface area contributed by atoms with Crippen molar-refractivity contribution in [3.63, 3.8) is 0 Å². The minimum atomic E-state index is 0.00864. The number of benzene rings is 2. The molecule has 0 aromatic heterocycles. The average Bonchev–Trinajstić information content (AvgIpc) is 2.81. The van der Waals surface area contributed by atoms with Crippen molar-refractivity contribution in [2.24, 2.45) is 0 Å². The lowest BCUT2D eigenvalue weighted by atomic mass is 10.1. The minimum absolute atomic E-state index is 0.00864. The van der Waals surface area contributed by atoms with Crippen LogP contribution in [0.1, 0.15) is 11.1 Å². The van der Waals surface area contributed by atoms with Gasteiger partial charge in [0.05, 0.1) is 36.9 Å². The maximum absolute atomic E-state index is 12.4. The first-order valence-electron chi connectivity index (χ1n) is 11.2. The Bertz CT molecular complexity index is 899. The van der Waals surface area contributed by atoms with E-state index in [2.05, 4.69) is 51.5 Å². The molecule has 1 amide bonds. The fourth-order valence-electron chi connectivity index (χ4n) is 4.35. The molecular formula is C25H30N4O3. The number of morpholine rings is 2. The first-order valence-corrected chi connectivity index (χ1v) is 11.2. The number of carbonyl (C=O) groups is 1. The number of nitrogens with zero attached hydrogens (tertiary/aromatic N) is 3. The molecule has 2 unspecified atom stereocenters. The lowest BCUT2D eigenvalue weighted by Gasteiger charge is -2.45. The van der Waals surface area contributed by atoms with Crippen LogP contribution in [0.5, 0.6) is 5.75 Å². The first kappa shape index (κ1) is 22.3. The molecule has 4 rings (SSSR count). The molecule has 2 bridgehead atoms. The summed E-state index contributed by atoms with van der Waals surface area (Å²) in [6.07, 6.45) is 1.37. The predicted octanol–water partition coefficient (Wildman–Crippen LogP) is 1.68. The van der Waals surface area contributed by atoms with Gasteiger partial charge in [0, 0.05) is 32.7 Å². The van der Waals surface area contributed by atoms with Crippen LogP contribution < -0.4 is 10.1 Å². The third-order valence-corrected chi connectivity index (χ3v) is 5.84. The second kappa shape index (κ2) is 11.1. The fourth-order valence-corrected chi connectivity index (χ4v) is 4.35. The number of nitrogens with one attached hydrogen (secondary N) is 1. The van der Waals surface area contributed by atoms with Crippen molar-refractivity contribution in [2.75, 3.05) is 52.4 Å². The molecule has 2 saturated heterocycles. The third kappa shape index (κ3) is 6.54. The Hall–Kier alpha value is -2.92. The zero-order valence-electron chi connectivity index (χ0n) is 18.3. The van der Waals surface area contributed by atoms with Crippen LogP contribution in [0.3, 0.4) is 0 Å². The zero-order chi connectivity index (χ0) is 22.2. The summed E-state index contributed by atoms with van der Waals surface area (Å²) in [5.41, 5.74) is 1.96. The summed E-state index contributed by atoms with van der Waals surface area (Å²) >= 11 is 0. The molecule has 2 atom stereocenters. The SMILES string of the molecule is N#Cc1ccc(OCCNC(=O)CN2CC3CN(CCc4ccccc4)CC(C2)O3)cc1. The number of hydrogen-bond acceptors (Lipinski definition) is 6. The van der Waals surface area contributed by atoms with E-state index in [0.717, 1.165) is 39.1 Å². The molecule has 2 heterocycles. The van der Waals surface area contributed by atoms with Gasteiger partial charge in [-0.3, -0.25) is 14.6 Å². The number of carbonyl (C=O) groups excluding carboxylic acids is 1. The summed E-state index contributed by atoms with van der Waals surface area (Å²) in [5.74, 6) is 0.699. The zero-order valence-corrected chi connectivity index (χ0v) is 18.3. The van der Waals surface area contributed by atoms with E-state index in [1.807, 2.05) is 0 Å². The summed E-state index contributed by atoms with van der Waals surface area (Å²) in [7, 11) is 0. The second-order valence-corrected chi connectivity index (χ2v) is 8.40. The average molecular weight is 435 g/mol. The van der Waals surface area contributed by atoms with Crippen LogP contribution in [-0.4, -0.2) is 80.3 Å². The van der Waals surface area contributed by atoms with Gasteiger partial charge in [0.1, 0.15) is 12.4 Å². The summed E-state index contributed by atoms with van der Waals surface area (Å²) in [5, 5.41) is 11.7. The second-order valence-electron chi connectivity index (χ2n) is 8.40. The van der Waals surface area contributed by atoms with Crippen LogP contribution in [0, 0.1) is 11.3 Å². The molecule has 168 valence electrons. The van der Waals surface area contributed by atoms with Gasteiger partial charge in [0.2, 0.25) is 5.91 Å². The maximum atomic E-state index is 12.4. The summed E-state index contributed by atoms with van der Waals surface area (Å²) in [4.78, 5) is 17.0. The lowest BCUT2D eigenvalue weighted by molar-refractivity contribution is -0.144. The van der Waals surface area contributed by atoms with E-state index in [9.17, 15) is 4.79 Å². The summed E-state index contributed by atoms with van der Waals surface area (Å²) < 4.78 is 11.7. The van der Waals surface area contributed by atoms with Crippen LogP contribution in [0.4, 0.5) is 0 Å². The molecule has 0 saturated carbocycles. The highest BCUT2D eigenvalue weighted by atomic mass is 16.5. The quantitative estimate of drug-likeness (QED) is 0.605. The van der Waals surface area contributed by atoms with Gasteiger partial charge in [0.25, 0.3) is 0 Å². The molecule has 2 aromatic carbocycles. The van der Waals surface area contributed by atoms with Gasteiger partial charge in [0.15, 0.2) is 0 Å². The maximum Gasteiger partial charge on any atom is 0.234 e. The van der Waals surface area contributed by atoms with E-state index < -0.39 is 0 Å². The third-order valence-electron chi connectivity index (χ3n) is 5.84. The Morgan fingerprint density at radius 1 is 1.03 bits per heavy atom. The number of nitriles is 1. The highest BCUT2D eigenvalue weighted by Crippen LogP contribution is 2.19. The number of hydrogen-bond donors (Lipinski definition) is 1. The van der Waals surface area contributed by atoms with Gasteiger partial charge >= 0.3 is 0 Å². The van der Waals surface area contributed by atoms with E-state index in [1.54, 1.807) is 24.3 Å². The van der Waals surface area contributed by atoms with Gasteiger partial charge in [-0.2, -0.15) is 5.26 Å². The van der Waals surface area contributed by atoms with E-state index in [4.69, 9.17) is 14.7 Å². The van der Waals surface area contributed by atoms with Gasteiger partial charge in [-0.25, -0.2) is 0 Å². The Balaban J connectivity index is 1.13. The van der Waals surface area contributed by atoms with Gasteiger partial charge in [-0.15, -0.1) is 0 Å². The van der Waals surface area contributed by atoms with Crippen LogP contribution in [0.15, 0.2) is 54.6 Å². The van der Waals surface area contributed by atoms with Crippen molar-refractivity contribution in [1.82, 2.24) is 15.1 Å². The van der Waals surface area contributed by atoms with Crippen LogP contribution in [-0.2, 0) is 16.0 Å². The highest BCUT2D eigenvalue weighted by molar-refractivity contribution is 5.78. The van der Waals surface area contributed by atoms with Gasteiger partial charge in [-0.05, 0) is 36.2 Å². The smallest absolute Gasteiger partial charge is 0.234 e. The van der Waals surface area contributed by atoms with Crippen molar-refractivity contribution >= 4 is 5.91 Å². The molecular weight excluding hydrogens is 404 g/mol. The molecule has 2 aliphatic rings. The topological polar surface area (TPSA) is 77.8 Å². The van der Waals surface area contributed by atoms with Crippen molar-refractivity contribution in [3.8, 4) is 11.8 Å². The number of ether oxygens (including phenoxy) is 2. The van der Waals surface area contributed by atoms with E-state index >= 15 is 0 Å². The molecule has 0 spiro atoms. The molecule has 7 heteroatoms. The fraction of sp³-hybridized carbons (Fsp3) is 0.440. The molecule has 32 heavy (non-hydrogen) atoms. The number of fused-ring (bicyclic) bond motifs is 2. The monoisotopic (exact) mass is 434 g/mol. The van der Waals surface area contributed by atoms with E-state index in [1.165, 1.54) is 5.56 Å². The molecule has 0 radical (unpaired) electrons. The van der Waals surface area contributed by atoms with Gasteiger partial charge < -0.3 is 14.8 Å². The Labute approximate surface area is 189 Å². The molecule has 1 N–H and O–H groups in total. The number of amides is 1. The molecule has 0 aliphatic carbocycles. The summed E-state index contributed by atoms with van der Waals surface area (Å²) in [6.45, 7) is 5.67. The van der Waals surface area contributed by atoms with E-state index in [-0.39, 0.29) is 18.1 Å². The van der Waals surface area contributed by atoms with Crippen molar-refractivity contribution in [3.05, 3.63) is 65.7 Å². The Morgan fingerprint density at radius 3 is 2.41 bits per heavy atom. The highest BCUT2D eigenvalue weighted by Gasteiger charge is 2.35. The van der Waals surface area contributed by atoms with Crippen LogP contribution in [0.25, 0.3) is 0 Å². The van der Waals surface area contributed by atoms with Crippen LogP contribution in [0.2, 0.25) is 0 Å². The van der Waals surface area contributed by atoms with Crippen molar-refractivity contribution < 1.29 is 14.3 Å². The lowest BCUT2D eigenvalue weighted by Crippen LogP contribution is -2.60. The first-order chi connectivity index (χ1) is 15.7. The Kier molecular flexibility index (Phi) is 7.73. The molecule has 2 aromatic rings. The van der Waals surface area contributed by atoms with Crippen LogP contribution >= 0.6 is 0 Å². The normalized spacial score (nSPS) is 21.0. The Morgan fingerprint density at radius 2 is 1.72 bits per heavy atom. The van der Waals surface area contributed by atoms with Gasteiger partial charge in [-0.1, -0.05) is 30.3 Å². The molecule has 2 aliphatic heterocycles. The summed E-state index contributed by atoms with van der Waals surface area (Å²) in [6, 6.07) is 19.6. The largest absolute Gasteiger partial charge is 0.492 e. The predicted molar refractivity (Wildman–Crippen MR) is 121 cm³/mol. The standard InChI is InChI=1S/C25H30N4O3/c26-14-21-6-8-22(9-7-21)31-13-11-27-25(30)19-29-17-23-15-28(16-24(18-29)32-23)12-10-20-4-2-1-3-5-20/h1-9,23-24H,10-13,15-19H2,(H,27,30).